The van der Waals surface area contributed by atoms with Crippen LogP contribution in [0.15, 0.2) is 18.2 Å². The molecule has 1 fully saturated rings. The Balaban J connectivity index is 2.03. The van der Waals surface area contributed by atoms with Crippen LogP contribution < -0.4 is 5.73 Å². The first kappa shape index (κ1) is 16.6. The zero-order chi connectivity index (χ0) is 15.6. The molecule has 0 spiro atoms. The van der Waals surface area contributed by atoms with Gasteiger partial charge < -0.3 is 10.6 Å². The normalized spacial score (nSPS) is 16.1. The monoisotopic (exact) mass is 328 g/mol. The van der Waals surface area contributed by atoms with Gasteiger partial charge in [0, 0.05) is 25.0 Å². The van der Waals surface area contributed by atoms with E-state index in [0.29, 0.717) is 28.9 Å². The molecule has 1 aromatic rings. The van der Waals surface area contributed by atoms with Crippen LogP contribution in [0.1, 0.15) is 38.7 Å². The number of benzene rings is 1. The molecule has 5 heteroatoms. The van der Waals surface area contributed by atoms with Gasteiger partial charge in [0.25, 0.3) is 0 Å². The quantitative estimate of drug-likeness (QED) is 0.861. The van der Waals surface area contributed by atoms with Crippen molar-refractivity contribution in [2.45, 2.75) is 51.7 Å². The summed E-state index contributed by atoms with van der Waals surface area (Å²) in [5, 5.41) is 1.04. The van der Waals surface area contributed by atoms with Crippen LogP contribution in [0.2, 0.25) is 10.0 Å². The first-order valence-electron chi connectivity index (χ1n) is 7.37. The van der Waals surface area contributed by atoms with E-state index in [4.69, 9.17) is 28.9 Å². The van der Waals surface area contributed by atoms with Gasteiger partial charge in [-0.05, 0) is 50.3 Å². The minimum absolute atomic E-state index is 0.00689. The average Bonchev–Trinajstić information content (AvgIpc) is 3.23. The minimum Gasteiger partial charge on any atom is -0.336 e. The maximum absolute atomic E-state index is 12.5. The minimum atomic E-state index is -0.00689. The third-order valence-corrected chi connectivity index (χ3v) is 4.66. The Hall–Kier alpha value is -0.770. The number of rotatable bonds is 6. The summed E-state index contributed by atoms with van der Waals surface area (Å²) in [6.45, 7) is 4.56. The molecule has 0 aromatic heterocycles. The molecular formula is C16H22Cl2N2O. The van der Waals surface area contributed by atoms with Crippen molar-refractivity contribution in [1.82, 2.24) is 4.90 Å². The van der Waals surface area contributed by atoms with Crippen molar-refractivity contribution in [2.75, 3.05) is 0 Å². The van der Waals surface area contributed by atoms with Gasteiger partial charge in [-0.2, -0.15) is 0 Å². The smallest absolute Gasteiger partial charge is 0.224 e. The fourth-order valence-electron chi connectivity index (χ4n) is 2.40. The second-order valence-electron chi connectivity index (χ2n) is 6.07. The second kappa shape index (κ2) is 6.99. The number of carbonyl (C=O) groups is 1. The topological polar surface area (TPSA) is 46.3 Å². The molecule has 1 atom stereocenters. The van der Waals surface area contributed by atoms with Crippen molar-refractivity contribution in [1.29, 1.82) is 0 Å². The Bertz CT molecular complexity index is 515. The molecule has 0 saturated heterocycles. The van der Waals surface area contributed by atoms with E-state index in [1.807, 2.05) is 30.9 Å². The number of hydrogen-bond acceptors (Lipinski definition) is 2. The highest BCUT2D eigenvalue weighted by atomic mass is 35.5. The average molecular weight is 329 g/mol. The fraction of sp³-hybridized carbons (Fsp3) is 0.562. The third kappa shape index (κ3) is 4.60. The maximum atomic E-state index is 12.5. The molecule has 1 aliphatic rings. The molecular weight excluding hydrogens is 307 g/mol. The summed E-state index contributed by atoms with van der Waals surface area (Å²) in [5.41, 5.74) is 7.05. The summed E-state index contributed by atoms with van der Waals surface area (Å²) in [4.78, 5) is 14.3. The van der Waals surface area contributed by atoms with Crippen molar-refractivity contribution in [3.63, 3.8) is 0 Å². The van der Waals surface area contributed by atoms with Crippen molar-refractivity contribution in [3.8, 4) is 0 Å². The van der Waals surface area contributed by atoms with Crippen LogP contribution in [-0.4, -0.2) is 22.9 Å². The Kier molecular flexibility index (Phi) is 5.53. The summed E-state index contributed by atoms with van der Waals surface area (Å²) >= 11 is 12.0. The predicted molar refractivity (Wildman–Crippen MR) is 87.5 cm³/mol. The molecule has 2 rings (SSSR count). The molecule has 0 heterocycles. The van der Waals surface area contributed by atoms with Crippen molar-refractivity contribution in [3.05, 3.63) is 33.8 Å². The molecule has 21 heavy (non-hydrogen) atoms. The van der Waals surface area contributed by atoms with Crippen molar-refractivity contribution >= 4 is 29.1 Å². The van der Waals surface area contributed by atoms with Gasteiger partial charge in [0.2, 0.25) is 5.91 Å². The lowest BCUT2D eigenvalue weighted by molar-refractivity contribution is -0.134. The van der Waals surface area contributed by atoms with E-state index in [-0.39, 0.29) is 18.0 Å². The molecule has 1 unspecified atom stereocenters. The van der Waals surface area contributed by atoms with Crippen LogP contribution in [0.5, 0.6) is 0 Å². The van der Waals surface area contributed by atoms with Gasteiger partial charge in [-0.3, -0.25) is 4.79 Å². The first-order valence-corrected chi connectivity index (χ1v) is 8.13. The summed E-state index contributed by atoms with van der Waals surface area (Å²) in [6, 6.07) is 5.59. The van der Waals surface area contributed by atoms with Gasteiger partial charge in [-0.1, -0.05) is 29.3 Å². The Labute approximate surface area is 136 Å². The van der Waals surface area contributed by atoms with Crippen LogP contribution in [0, 0.1) is 5.92 Å². The van der Waals surface area contributed by atoms with Crippen molar-refractivity contribution in [2.24, 2.45) is 11.7 Å². The van der Waals surface area contributed by atoms with Crippen LogP contribution in [-0.2, 0) is 11.3 Å². The summed E-state index contributed by atoms with van der Waals surface area (Å²) in [5.74, 6) is 0.642. The molecule has 1 amide bonds. The molecule has 116 valence electrons. The second-order valence-corrected chi connectivity index (χ2v) is 6.88. The molecule has 1 aliphatic carbocycles. The highest BCUT2D eigenvalue weighted by Gasteiger charge is 2.31. The molecule has 0 radical (unpaired) electrons. The maximum Gasteiger partial charge on any atom is 0.224 e. The largest absolute Gasteiger partial charge is 0.336 e. The highest BCUT2D eigenvalue weighted by molar-refractivity contribution is 6.42. The number of nitrogens with zero attached hydrogens (tertiary/aromatic N) is 1. The van der Waals surface area contributed by atoms with Gasteiger partial charge in [0.05, 0.1) is 10.0 Å². The lowest BCUT2D eigenvalue weighted by Crippen LogP contribution is -2.40. The number of halogens is 2. The molecule has 0 bridgehead atoms. The standard InChI is InChI=1S/C16H22Cl2N2O/c1-10(2)20(16(21)8-15(19)12-4-5-12)9-11-3-6-13(17)14(18)7-11/h3,6-7,10,12,15H,4-5,8-9,19H2,1-2H3. The SMILES string of the molecule is CC(C)N(Cc1ccc(Cl)c(Cl)c1)C(=O)CC(N)C1CC1. The molecule has 1 aromatic carbocycles. The third-order valence-electron chi connectivity index (χ3n) is 3.92. The van der Waals surface area contributed by atoms with E-state index in [0.717, 1.165) is 18.4 Å². The van der Waals surface area contributed by atoms with Gasteiger partial charge >= 0.3 is 0 Å². The Morgan fingerprint density at radius 2 is 2.00 bits per heavy atom. The van der Waals surface area contributed by atoms with Gasteiger partial charge in [-0.15, -0.1) is 0 Å². The van der Waals surface area contributed by atoms with Gasteiger partial charge in [0.1, 0.15) is 0 Å². The summed E-state index contributed by atoms with van der Waals surface area (Å²) in [7, 11) is 0. The van der Waals surface area contributed by atoms with E-state index in [2.05, 4.69) is 0 Å². The number of carbonyl (C=O) groups excluding carboxylic acids is 1. The number of hydrogen-bond donors (Lipinski definition) is 1. The lowest BCUT2D eigenvalue weighted by Gasteiger charge is -2.28. The van der Waals surface area contributed by atoms with E-state index in [9.17, 15) is 4.79 Å². The van der Waals surface area contributed by atoms with Gasteiger partial charge in [0.15, 0.2) is 0 Å². The molecule has 3 nitrogen and oxygen atoms in total. The van der Waals surface area contributed by atoms with Crippen LogP contribution >= 0.6 is 23.2 Å². The van der Waals surface area contributed by atoms with E-state index in [1.165, 1.54) is 0 Å². The van der Waals surface area contributed by atoms with Crippen LogP contribution in [0.3, 0.4) is 0 Å². The van der Waals surface area contributed by atoms with Crippen LogP contribution in [0.4, 0.5) is 0 Å². The molecule has 2 N–H and O–H groups in total. The van der Waals surface area contributed by atoms with E-state index < -0.39 is 0 Å². The van der Waals surface area contributed by atoms with E-state index >= 15 is 0 Å². The summed E-state index contributed by atoms with van der Waals surface area (Å²) < 4.78 is 0. The molecule has 0 aliphatic heterocycles. The van der Waals surface area contributed by atoms with Crippen LogP contribution in [0.25, 0.3) is 0 Å². The number of nitrogens with two attached hydrogens (primary N) is 1. The van der Waals surface area contributed by atoms with Crippen molar-refractivity contribution < 1.29 is 4.79 Å². The Morgan fingerprint density at radius 1 is 1.33 bits per heavy atom. The zero-order valence-electron chi connectivity index (χ0n) is 12.5. The highest BCUT2D eigenvalue weighted by Crippen LogP contribution is 2.33. The number of amides is 1. The zero-order valence-corrected chi connectivity index (χ0v) is 14.0. The van der Waals surface area contributed by atoms with E-state index in [1.54, 1.807) is 6.07 Å². The fourth-order valence-corrected chi connectivity index (χ4v) is 2.72. The Morgan fingerprint density at radius 3 is 2.52 bits per heavy atom. The van der Waals surface area contributed by atoms with Gasteiger partial charge in [-0.25, -0.2) is 0 Å². The molecule has 1 saturated carbocycles. The predicted octanol–water partition coefficient (Wildman–Crippen LogP) is 3.86. The first-order chi connectivity index (χ1) is 9.88. The lowest BCUT2D eigenvalue weighted by atomic mass is 10.1. The summed E-state index contributed by atoms with van der Waals surface area (Å²) in [6.07, 6.45) is 2.73.